The summed E-state index contributed by atoms with van der Waals surface area (Å²) in [4.78, 5) is 27.2. The first kappa shape index (κ1) is 18.5. The zero-order valence-electron chi connectivity index (χ0n) is 14.2. The van der Waals surface area contributed by atoms with Crippen molar-refractivity contribution >= 4 is 40.3 Å². The van der Waals surface area contributed by atoms with Crippen LogP contribution in [0.3, 0.4) is 0 Å². The van der Waals surface area contributed by atoms with E-state index in [0.29, 0.717) is 23.2 Å². The van der Waals surface area contributed by atoms with Gasteiger partial charge in [-0.05, 0) is 43.0 Å². The Labute approximate surface area is 158 Å². The van der Waals surface area contributed by atoms with Gasteiger partial charge in [0.15, 0.2) is 5.17 Å². The van der Waals surface area contributed by atoms with Crippen LogP contribution in [-0.4, -0.2) is 27.7 Å². The normalized spacial score (nSPS) is 16.6. The fourth-order valence-corrected chi connectivity index (χ4v) is 3.15. The topological polar surface area (TPSA) is 114 Å². The third kappa shape index (κ3) is 4.26. The highest BCUT2D eigenvalue weighted by Crippen LogP contribution is 2.34. The van der Waals surface area contributed by atoms with E-state index in [1.54, 1.807) is 18.2 Å². The van der Waals surface area contributed by atoms with Crippen molar-refractivity contribution in [2.75, 3.05) is 6.61 Å². The number of nitrogens with one attached hydrogen (secondary N) is 1. The molecule has 1 aliphatic rings. The van der Waals surface area contributed by atoms with Crippen molar-refractivity contribution in [2.24, 2.45) is 4.99 Å². The molecule has 8 nitrogen and oxygen atoms in total. The molecule has 0 aliphatic carbocycles. The highest BCUT2D eigenvalue weighted by Gasteiger charge is 2.25. The van der Waals surface area contributed by atoms with Crippen molar-refractivity contribution < 1.29 is 19.6 Å². The van der Waals surface area contributed by atoms with Gasteiger partial charge in [0.25, 0.3) is 11.6 Å². The van der Waals surface area contributed by atoms with Crippen LogP contribution >= 0.6 is 11.8 Å². The minimum Gasteiger partial charge on any atom is -0.507 e. The molecule has 2 aromatic carbocycles. The van der Waals surface area contributed by atoms with Crippen LogP contribution in [0, 0.1) is 10.1 Å². The molecule has 0 radical (unpaired) electrons. The molecule has 138 valence electrons. The van der Waals surface area contributed by atoms with E-state index in [1.165, 1.54) is 24.3 Å². The Bertz CT molecular complexity index is 971. The predicted octanol–water partition coefficient (Wildman–Crippen LogP) is 3.59. The Morgan fingerprint density at radius 3 is 2.85 bits per heavy atom. The molecule has 1 aliphatic heterocycles. The smallest absolute Gasteiger partial charge is 0.270 e. The van der Waals surface area contributed by atoms with Crippen LogP contribution in [-0.2, 0) is 4.79 Å². The van der Waals surface area contributed by atoms with Gasteiger partial charge in [0.05, 0.1) is 16.4 Å². The number of carbonyl (C=O) groups excluding carboxylic acids is 1. The first-order valence-corrected chi connectivity index (χ1v) is 8.78. The van der Waals surface area contributed by atoms with Crippen LogP contribution in [0.25, 0.3) is 6.08 Å². The van der Waals surface area contributed by atoms with E-state index in [0.717, 1.165) is 11.8 Å². The van der Waals surface area contributed by atoms with Crippen LogP contribution in [0.4, 0.5) is 11.4 Å². The minimum absolute atomic E-state index is 0.159. The minimum atomic E-state index is -0.569. The van der Waals surface area contributed by atoms with E-state index >= 15 is 0 Å². The maximum atomic E-state index is 12.2. The molecular weight excluding hydrogens is 370 g/mol. The average Bonchev–Trinajstić information content (AvgIpc) is 2.97. The number of nitrogens with zero attached hydrogens (tertiary/aromatic N) is 2. The van der Waals surface area contributed by atoms with E-state index in [-0.39, 0.29) is 21.9 Å². The maximum Gasteiger partial charge on any atom is 0.270 e. The summed E-state index contributed by atoms with van der Waals surface area (Å²) in [6.45, 7) is 2.35. The summed E-state index contributed by atoms with van der Waals surface area (Å²) >= 11 is 1.07. The molecule has 0 atom stereocenters. The molecule has 27 heavy (non-hydrogen) atoms. The number of phenolic OH excluding ortho intramolecular Hbond substituents is 1. The van der Waals surface area contributed by atoms with Crippen molar-refractivity contribution in [1.82, 2.24) is 5.32 Å². The fraction of sp³-hybridized carbons (Fsp3) is 0.111. The number of aromatic hydroxyl groups is 1. The van der Waals surface area contributed by atoms with Crippen LogP contribution in [0.15, 0.2) is 52.4 Å². The van der Waals surface area contributed by atoms with Crippen molar-refractivity contribution in [2.45, 2.75) is 6.92 Å². The summed E-state index contributed by atoms with van der Waals surface area (Å²) in [6, 6.07) is 10.8. The van der Waals surface area contributed by atoms with Gasteiger partial charge in [0.1, 0.15) is 17.2 Å². The number of aliphatic imine (C=N–C) groups is 1. The van der Waals surface area contributed by atoms with Gasteiger partial charge in [0, 0.05) is 17.7 Å². The largest absolute Gasteiger partial charge is 0.507 e. The third-order valence-electron chi connectivity index (χ3n) is 3.55. The number of phenols is 1. The van der Waals surface area contributed by atoms with E-state index in [1.807, 2.05) is 13.0 Å². The van der Waals surface area contributed by atoms with Gasteiger partial charge in [-0.15, -0.1) is 0 Å². The number of rotatable bonds is 5. The number of ether oxygens (including phenoxy) is 1. The summed E-state index contributed by atoms with van der Waals surface area (Å²) in [5, 5.41) is 23.8. The van der Waals surface area contributed by atoms with Crippen LogP contribution in [0.2, 0.25) is 0 Å². The fourth-order valence-electron chi connectivity index (χ4n) is 2.33. The molecule has 1 fully saturated rings. The molecule has 0 saturated carbocycles. The van der Waals surface area contributed by atoms with Gasteiger partial charge in [-0.2, -0.15) is 0 Å². The Hall–Kier alpha value is -3.33. The molecule has 0 unspecified atom stereocenters. The first-order chi connectivity index (χ1) is 13.0. The lowest BCUT2D eigenvalue weighted by Gasteiger charge is -2.06. The lowest BCUT2D eigenvalue weighted by Crippen LogP contribution is -2.19. The number of benzene rings is 2. The Morgan fingerprint density at radius 2 is 2.11 bits per heavy atom. The van der Waals surface area contributed by atoms with Gasteiger partial charge in [0.2, 0.25) is 0 Å². The lowest BCUT2D eigenvalue weighted by atomic mass is 10.1. The summed E-state index contributed by atoms with van der Waals surface area (Å²) in [7, 11) is 0. The maximum absolute atomic E-state index is 12.2. The molecule has 2 aromatic rings. The standard InChI is InChI=1S/C18H15N3O5S/c1-2-26-15-6-4-3-5-13(15)19-18-20-17(23)16(27-18)10-11-9-12(21(24)25)7-8-14(11)22/h3-10,22H,2H2,1H3,(H,19,20,23). The number of hydrogen-bond acceptors (Lipinski definition) is 7. The van der Waals surface area contributed by atoms with Crippen LogP contribution in [0.5, 0.6) is 11.5 Å². The number of amidine groups is 1. The average molecular weight is 385 g/mol. The summed E-state index contributed by atoms with van der Waals surface area (Å²) in [5.41, 5.74) is 0.571. The van der Waals surface area contributed by atoms with Gasteiger partial charge in [-0.1, -0.05) is 12.1 Å². The molecule has 0 aromatic heterocycles. The highest BCUT2D eigenvalue weighted by molar-refractivity contribution is 8.18. The van der Waals surface area contributed by atoms with E-state index in [2.05, 4.69) is 10.3 Å². The predicted molar refractivity (Wildman–Crippen MR) is 103 cm³/mol. The second-order valence-corrected chi connectivity index (χ2v) is 6.41. The Morgan fingerprint density at radius 1 is 1.33 bits per heavy atom. The molecule has 1 saturated heterocycles. The van der Waals surface area contributed by atoms with E-state index in [9.17, 15) is 20.0 Å². The summed E-state index contributed by atoms with van der Waals surface area (Å²) < 4.78 is 5.51. The first-order valence-electron chi connectivity index (χ1n) is 7.96. The highest BCUT2D eigenvalue weighted by atomic mass is 32.2. The number of non-ortho nitro benzene ring substituents is 1. The molecule has 0 bridgehead atoms. The lowest BCUT2D eigenvalue weighted by molar-refractivity contribution is -0.384. The second kappa shape index (κ2) is 7.92. The van der Waals surface area contributed by atoms with Crippen molar-refractivity contribution in [1.29, 1.82) is 0 Å². The molecule has 2 N–H and O–H groups in total. The molecule has 3 rings (SSSR count). The van der Waals surface area contributed by atoms with Crippen molar-refractivity contribution in [3.05, 3.63) is 63.0 Å². The molecule has 1 heterocycles. The third-order valence-corrected chi connectivity index (χ3v) is 4.46. The number of amides is 1. The number of hydrogen-bond donors (Lipinski definition) is 2. The van der Waals surface area contributed by atoms with Crippen molar-refractivity contribution in [3.8, 4) is 11.5 Å². The molecule has 0 spiro atoms. The SMILES string of the molecule is CCOc1ccccc1N=C1NC(=O)C(=Cc2cc([N+](=O)[O-])ccc2O)S1. The van der Waals surface area contributed by atoms with E-state index in [4.69, 9.17) is 4.74 Å². The van der Waals surface area contributed by atoms with Gasteiger partial charge < -0.3 is 15.2 Å². The monoisotopic (exact) mass is 385 g/mol. The Balaban J connectivity index is 1.89. The van der Waals surface area contributed by atoms with Gasteiger partial charge in [-0.3, -0.25) is 14.9 Å². The molecule has 9 heteroatoms. The summed E-state index contributed by atoms with van der Waals surface area (Å²) in [5.74, 6) is 0.0308. The quantitative estimate of drug-likeness (QED) is 0.462. The number of carbonyl (C=O) groups is 1. The summed E-state index contributed by atoms with van der Waals surface area (Å²) in [6.07, 6.45) is 1.39. The van der Waals surface area contributed by atoms with Crippen molar-refractivity contribution in [3.63, 3.8) is 0 Å². The Kier molecular flexibility index (Phi) is 5.41. The second-order valence-electron chi connectivity index (χ2n) is 5.38. The number of nitro benzene ring substituents is 1. The molecule has 1 amide bonds. The molecular formula is C18H15N3O5S. The van der Waals surface area contributed by atoms with Gasteiger partial charge in [-0.25, -0.2) is 4.99 Å². The number of para-hydroxylation sites is 2. The zero-order chi connectivity index (χ0) is 19.4. The number of thioether (sulfide) groups is 1. The number of nitro groups is 1. The van der Waals surface area contributed by atoms with Crippen LogP contribution in [0.1, 0.15) is 12.5 Å². The van der Waals surface area contributed by atoms with E-state index < -0.39 is 10.8 Å². The van der Waals surface area contributed by atoms with Gasteiger partial charge >= 0.3 is 0 Å². The van der Waals surface area contributed by atoms with Crippen LogP contribution < -0.4 is 10.1 Å². The zero-order valence-corrected chi connectivity index (χ0v) is 15.0.